The first-order chi connectivity index (χ1) is 13.9. The molecule has 4 aromatic rings. The van der Waals surface area contributed by atoms with Crippen LogP contribution < -0.4 is 10.6 Å². The third kappa shape index (κ3) is 2.72. The first kappa shape index (κ1) is 17.8. The predicted octanol–water partition coefficient (Wildman–Crippen LogP) is 2.27. The van der Waals surface area contributed by atoms with Crippen LogP contribution in [0.4, 0.5) is 14.6 Å². The molecule has 1 aliphatic heterocycles. The molecular weight excluding hydrogens is 377 g/mol. The van der Waals surface area contributed by atoms with Gasteiger partial charge in [0.05, 0.1) is 16.5 Å². The van der Waals surface area contributed by atoms with Crippen LogP contribution in [0.15, 0.2) is 28.7 Å². The van der Waals surface area contributed by atoms with Crippen molar-refractivity contribution in [3.8, 4) is 0 Å². The Balaban J connectivity index is 1.73. The quantitative estimate of drug-likeness (QED) is 0.465. The van der Waals surface area contributed by atoms with E-state index in [0.717, 1.165) is 0 Å². The van der Waals surface area contributed by atoms with Gasteiger partial charge in [0.15, 0.2) is 13.7 Å². The van der Waals surface area contributed by atoms with Crippen LogP contribution in [0.2, 0.25) is 0 Å². The molecule has 0 N–H and O–H groups in total. The average Bonchev–Trinajstić information content (AvgIpc) is 3.08. The fourth-order valence-electron chi connectivity index (χ4n) is 3.94. The monoisotopic (exact) mass is 392 g/mol. The summed E-state index contributed by atoms with van der Waals surface area (Å²) in [5.74, 6) is -0.785. The largest absolute Gasteiger partial charge is 0.456 e. The molecule has 2 radical (unpaired) electrons. The number of hydrogen-bond donors (Lipinski definition) is 0. The number of fused-ring (bicyclic) bond motifs is 4. The molecule has 144 valence electrons. The number of benzene rings is 2. The molecule has 1 fully saturated rings. The molecule has 5 rings (SSSR count). The minimum Gasteiger partial charge on any atom is -0.456 e. The third-order valence-electron chi connectivity index (χ3n) is 5.36. The lowest BCUT2D eigenvalue weighted by molar-refractivity contribution is -0.129. The van der Waals surface area contributed by atoms with E-state index < -0.39 is 11.6 Å². The highest BCUT2D eigenvalue weighted by Crippen LogP contribution is 2.37. The SMILES string of the molecule is [B]c1nc(N2CCN(C(C)=O)CC2)c2cc3oc4cccc(F)c4c3c(F)c2n1. The van der Waals surface area contributed by atoms with Crippen LogP contribution in [0, 0.1) is 11.6 Å². The van der Waals surface area contributed by atoms with Gasteiger partial charge in [0.25, 0.3) is 0 Å². The van der Waals surface area contributed by atoms with Crippen molar-refractivity contribution in [2.75, 3.05) is 31.1 Å². The number of anilines is 1. The van der Waals surface area contributed by atoms with E-state index in [1.807, 2.05) is 4.90 Å². The van der Waals surface area contributed by atoms with E-state index in [0.29, 0.717) is 37.4 Å². The Bertz CT molecular complexity index is 1300. The van der Waals surface area contributed by atoms with E-state index in [-0.39, 0.29) is 39.1 Å². The van der Waals surface area contributed by atoms with Crippen LogP contribution in [0.1, 0.15) is 6.92 Å². The minimum absolute atomic E-state index is 0.00812. The van der Waals surface area contributed by atoms with Crippen molar-refractivity contribution in [1.29, 1.82) is 0 Å². The summed E-state index contributed by atoms with van der Waals surface area (Å²) in [4.78, 5) is 23.7. The smallest absolute Gasteiger partial charge is 0.219 e. The van der Waals surface area contributed by atoms with Crippen LogP contribution in [0.25, 0.3) is 32.8 Å². The van der Waals surface area contributed by atoms with E-state index >= 15 is 4.39 Å². The molecule has 1 aliphatic rings. The summed E-state index contributed by atoms with van der Waals surface area (Å²) in [6, 6.07) is 5.98. The van der Waals surface area contributed by atoms with Gasteiger partial charge < -0.3 is 14.2 Å². The Hall–Kier alpha value is -3.23. The maximum absolute atomic E-state index is 15.5. The van der Waals surface area contributed by atoms with Crippen molar-refractivity contribution >= 4 is 58.1 Å². The summed E-state index contributed by atoms with van der Waals surface area (Å²) in [5, 5.41) is 0.548. The zero-order valence-electron chi connectivity index (χ0n) is 15.6. The molecule has 2 aromatic heterocycles. The van der Waals surface area contributed by atoms with Gasteiger partial charge in [-0.1, -0.05) is 6.07 Å². The lowest BCUT2D eigenvalue weighted by Gasteiger charge is -2.35. The van der Waals surface area contributed by atoms with E-state index in [1.54, 1.807) is 17.0 Å². The molecule has 0 unspecified atom stereocenters. The van der Waals surface area contributed by atoms with Crippen molar-refractivity contribution in [3.05, 3.63) is 35.9 Å². The predicted molar refractivity (Wildman–Crippen MR) is 107 cm³/mol. The van der Waals surface area contributed by atoms with Gasteiger partial charge in [0.2, 0.25) is 5.91 Å². The van der Waals surface area contributed by atoms with E-state index in [9.17, 15) is 9.18 Å². The fourth-order valence-corrected chi connectivity index (χ4v) is 3.94. The molecule has 29 heavy (non-hydrogen) atoms. The molecule has 1 amide bonds. The van der Waals surface area contributed by atoms with Crippen molar-refractivity contribution in [3.63, 3.8) is 0 Å². The number of amides is 1. The number of halogens is 2. The average molecular weight is 392 g/mol. The second-order valence-corrected chi connectivity index (χ2v) is 7.07. The van der Waals surface area contributed by atoms with Gasteiger partial charge in [-0.05, 0) is 18.2 Å². The van der Waals surface area contributed by atoms with Gasteiger partial charge in [-0.25, -0.2) is 18.7 Å². The summed E-state index contributed by atoms with van der Waals surface area (Å²) in [6.45, 7) is 3.64. The minimum atomic E-state index is -0.695. The number of piperazine rings is 1. The van der Waals surface area contributed by atoms with E-state index in [1.165, 1.54) is 19.1 Å². The highest BCUT2D eigenvalue weighted by atomic mass is 19.1. The number of aromatic nitrogens is 2. The second kappa shape index (κ2) is 6.40. The topological polar surface area (TPSA) is 62.5 Å². The molecule has 0 atom stereocenters. The zero-order valence-corrected chi connectivity index (χ0v) is 15.6. The number of carbonyl (C=O) groups excluding carboxylic acids is 1. The number of carbonyl (C=O) groups is 1. The Morgan fingerprint density at radius 3 is 2.59 bits per heavy atom. The molecular formula is C20H15BF2N4O2. The molecule has 0 spiro atoms. The molecule has 0 aliphatic carbocycles. The molecule has 0 saturated carbocycles. The van der Waals surface area contributed by atoms with E-state index in [2.05, 4.69) is 9.97 Å². The summed E-state index contributed by atoms with van der Waals surface area (Å²) in [5.41, 5.74) is 0.409. The summed E-state index contributed by atoms with van der Waals surface area (Å²) in [6.07, 6.45) is 0. The van der Waals surface area contributed by atoms with Crippen LogP contribution in [-0.4, -0.2) is 54.8 Å². The highest BCUT2D eigenvalue weighted by molar-refractivity contribution is 6.30. The van der Waals surface area contributed by atoms with Crippen LogP contribution >= 0.6 is 0 Å². The summed E-state index contributed by atoms with van der Waals surface area (Å²) >= 11 is 0. The van der Waals surface area contributed by atoms with Gasteiger partial charge in [0, 0.05) is 38.5 Å². The molecule has 1 saturated heterocycles. The highest BCUT2D eigenvalue weighted by Gasteiger charge is 2.25. The van der Waals surface area contributed by atoms with E-state index in [4.69, 9.17) is 12.3 Å². The maximum Gasteiger partial charge on any atom is 0.219 e. The number of hydrogen-bond acceptors (Lipinski definition) is 5. The number of rotatable bonds is 1. The van der Waals surface area contributed by atoms with Gasteiger partial charge >= 0.3 is 0 Å². The third-order valence-corrected chi connectivity index (χ3v) is 5.36. The number of nitrogens with zero attached hydrogens (tertiary/aromatic N) is 4. The first-order valence-corrected chi connectivity index (χ1v) is 9.21. The normalized spacial score (nSPS) is 15.0. The Labute approximate surface area is 165 Å². The van der Waals surface area contributed by atoms with Gasteiger partial charge in [-0.2, -0.15) is 0 Å². The van der Waals surface area contributed by atoms with Gasteiger partial charge in [-0.3, -0.25) is 4.79 Å². The molecule has 2 aromatic carbocycles. The second-order valence-electron chi connectivity index (χ2n) is 7.07. The van der Waals surface area contributed by atoms with Crippen LogP contribution in [-0.2, 0) is 4.79 Å². The maximum atomic E-state index is 15.5. The molecule has 9 heteroatoms. The lowest BCUT2D eigenvalue weighted by atomic mass is 10.1. The zero-order chi connectivity index (χ0) is 20.3. The van der Waals surface area contributed by atoms with Crippen LogP contribution in [0.5, 0.6) is 0 Å². The molecule has 3 heterocycles. The van der Waals surface area contributed by atoms with Crippen molar-refractivity contribution in [2.45, 2.75) is 6.92 Å². The van der Waals surface area contributed by atoms with Crippen molar-refractivity contribution in [2.24, 2.45) is 0 Å². The summed E-state index contributed by atoms with van der Waals surface area (Å²) < 4.78 is 35.5. The Morgan fingerprint density at radius 2 is 1.86 bits per heavy atom. The Kier molecular flexibility index (Phi) is 3.94. The summed E-state index contributed by atoms with van der Waals surface area (Å²) in [7, 11) is 5.86. The number of furan rings is 1. The molecule has 0 bridgehead atoms. The molecule has 6 nitrogen and oxygen atoms in total. The van der Waals surface area contributed by atoms with Gasteiger partial charge in [-0.15, -0.1) is 0 Å². The van der Waals surface area contributed by atoms with Crippen molar-refractivity contribution in [1.82, 2.24) is 14.9 Å². The van der Waals surface area contributed by atoms with Crippen LogP contribution in [0.3, 0.4) is 0 Å². The Morgan fingerprint density at radius 1 is 1.10 bits per heavy atom. The lowest BCUT2D eigenvalue weighted by Crippen LogP contribution is -2.48. The standard InChI is InChI=1S/C20H15BF2N4O2/c1-10(28)26-5-7-27(8-6-26)19-11-9-14-16(17(23)18(11)24-20(21)25-19)15-12(22)3-2-4-13(15)29-14/h2-4,9H,5-8H2,1H3. The first-order valence-electron chi connectivity index (χ1n) is 9.21. The fraction of sp³-hybridized carbons (Fsp3) is 0.250. The van der Waals surface area contributed by atoms with Gasteiger partial charge in [0.1, 0.15) is 28.3 Å². The van der Waals surface area contributed by atoms with Crippen molar-refractivity contribution < 1.29 is 18.0 Å².